The van der Waals surface area contributed by atoms with Gasteiger partial charge in [-0.15, -0.1) is 0 Å². The molecular weight excluding hydrogens is 202 g/mol. The summed E-state index contributed by atoms with van der Waals surface area (Å²) in [7, 11) is 1.67. The SMILES string of the molecule is CN1CC[C@@](O)(C#Cc2ccccc2)C1=O. The van der Waals surface area contributed by atoms with Crippen LogP contribution in [0.25, 0.3) is 0 Å². The zero-order valence-electron chi connectivity index (χ0n) is 9.10. The largest absolute Gasteiger partial charge is 0.369 e. The zero-order valence-corrected chi connectivity index (χ0v) is 9.10. The number of nitrogens with zero attached hydrogens (tertiary/aromatic N) is 1. The third kappa shape index (κ3) is 1.93. The fraction of sp³-hybridized carbons (Fsp3) is 0.308. The standard InChI is InChI=1S/C13H13NO2/c1-14-10-9-13(16,12(14)15)8-7-11-5-3-2-4-6-11/h2-6,16H,9-10H2,1H3/t13-/m0/s1. The van der Waals surface area contributed by atoms with Crippen molar-refractivity contribution in [3.63, 3.8) is 0 Å². The number of rotatable bonds is 0. The van der Waals surface area contributed by atoms with Crippen molar-refractivity contribution in [3.05, 3.63) is 35.9 Å². The molecule has 1 heterocycles. The van der Waals surface area contributed by atoms with Gasteiger partial charge >= 0.3 is 0 Å². The minimum absolute atomic E-state index is 0.309. The van der Waals surface area contributed by atoms with Gasteiger partial charge < -0.3 is 10.0 Å². The molecule has 0 aromatic heterocycles. The van der Waals surface area contributed by atoms with E-state index >= 15 is 0 Å². The van der Waals surface area contributed by atoms with Crippen molar-refractivity contribution in [2.75, 3.05) is 13.6 Å². The number of likely N-dealkylation sites (N-methyl/N-ethyl adjacent to an activating group) is 1. The molecule has 2 rings (SSSR count). The van der Waals surface area contributed by atoms with Crippen molar-refractivity contribution in [1.82, 2.24) is 4.90 Å². The van der Waals surface area contributed by atoms with Gasteiger partial charge in [-0.3, -0.25) is 4.79 Å². The second-order valence-electron chi connectivity index (χ2n) is 3.95. The zero-order chi connectivity index (χ0) is 11.6. The van der Waals surface area contributed by atoms with Gasteiger partial charge in [0.2, 0.25) is 5.60 Å². The molecule has 0 saturated carbocycles. The average Bonchev–Trinajstić information content (AvgIpc) is 2.57. The second-order valence-corrected chi connectivity index (χ2v) is 3.95. The number of hydrogen-bond acceptors (Lipinski definition) is 2. The van der Waals surface area contributed by atoms with Crippen LogP contribution >= 0.6 is 0 Å². The first-order chi connectivity index (χ1) is 7.62. The molecular formula is C13H13NO2. The summed E-state index contributed by atoms with van der Waals surface area (Å²) in [6, 6.07) is 9.33. The van der Waals surface area contributed by atoms with Crippen molar-refractivity contribution < 1.29 is 9.90 Å². The molecule has 3 heteroatoms. The Labute approximate surface area is 94.7 Å². The van der Waals surface area contributed by atoms with E-state index in [1.54, 1.807) is 7.05 Å². The van der Waals surface area contributed by atoms with Crippen LogP contribution in [-0.4, -0.2) is 35.1 Å². The van der Waals surface area contributed by atoms with Crippen LogP contribution in [0.2, 0.25) is 0 Å². The van der Waals surface area contributed by atoms with Crippen LogP contribution in [-0.2, 0) is 4.79 Å². The third-order valence-corrected chi connectivity index (χ3v) is 2.70. The fourth-order valence-corrected chi connectivity index (χ4v) is 1.67. The monoisotopic (exact) mass is 215 g/mol. The lowest BCUT2D eigenvalue weighted by Crippen LogP contribution is -2.37. The Morgan fingerprint density at radius 2 is 2.06 bits per heavy atom. The first kappa shape index (κ1) is 10.7. The topological polar surface area (TPSA) is 40.5 Å². The van der Waals surface area contributed by atoms with Crippen molar-refractivity contribution in [1.29, 1.82) is 0 Å². The molecule has 0 spiro atoms. The van der Waals surface area contributed by atoms with Crippen LogP contribution in [0.15, 0.2) is 30.3 Å². The van der Waals surface area contributed by atoms with E-state index in [4.69, 9.17) is 0 Å². The lowest BCUT2D eigenvalue weighted by Gasteiger charge is -2.13. The predicted molar refractivity (Wildman–Crippen MR) is 60.5 cm³/mol. The Hall–Kier alpha value is -1.79. The third-order valence-electron chi connectivity index (χ3n) is 2.70. The van der Waals surface area contributed by atoms with Crippen molar-refractivity contribution in [2.45, 2.75) is 12.0 Å². The molecule has 0 bridgehead atoms. The van der Waals surface area contributed by atoms with Gasteiger partial charge in [-0.1, -0.05) is 30.0 Å². The minimum Gasteiger partial charge on any atom is -0.369 e. The normalized spacial score (nSPS) is 24.1. The van der Waals surface area contributed by atoms with Gasteiger partial charge in [0.1, 0.15) is 0 Å². The van der Waals surface area contributed by atoms with Crippen LogP contribution in [0.3, 0.4) is 0 Å². The Bertz CT molecular complexity index is 458. The summed E-state index contributed by atoms with van der Waals surface area (Å²) in [6.07, 6.45) is 0.377. The molecule has 1 aliphatic heterocycles. The molecule has 1 atom stereocenters. The summed E-state index contributed by atoms with van der Waals surface area (Å²) in [5.74, 6) is 5.19. The van der Waals surface area contributed by atoms with E-state index in [1.807, 2.05) is 30.3 Å². The minimum atomic E-state index is -1.50. The number of carbonyl (C=O) groups excluding carboxylic acids is 1. The first-order valence-corrected chi connectivity index (χ1v) is 5.18. The Morgan fingerprint density at radius 1 is 1.38 bits per heavy atom. The van der Waals surface area contributed by atoms with E-state index in [9.17, 15) is 9.90 Å². The van der Waals surface area contributed by atoms with Crippen molar-refractivity contribution in [3.8, 4) is 11.8 Å². The molecule has 3 nitrogen and oxygen atoms in total. The Morgan fingerprint density at radius 3 is 2.62 bits per heavy atom. The number of aliphatic hydroxyl groups is 1. The highest BCUT2D eigenvalue weighted by Gasteiger charge is 2.42. The van der Waals surface area contributed by atoms with E-state index in [0.717, 1.165) is 5.56 Å². The van der Waals surface area contributed by atoms with Crippen molar-refractivity contribution >= 4 is 5.91 Å². The number of carbonyl (C=O) groups is 1. The number of hydrogen-bond donors (Lipinski definition) is 1. The van der Waals surface area contributed by atoms with Gasteiger partial charge in [0.25, 0.3) is 5.91 Å². The summed E-state index contributed by atoms with van der Waals surface area (Å²) in [6.45, 7) is 0.554. The summed E-state index contributed by atoms with van der Waals surface area (Å²) in [5.41, 5.74) is -0.691. The van der Waals surface area contributed by atoms with Crippen LogP contribution in [0.1, 0.15) is 12.0 Å². The quantitative estimate of drug-likeness (QED) is 0.645. The average molecular weight is 215 g/mol. The van der Waals surface area contributed by atoms with Crippen molar-refractivity contribution in [2.24, 2.45) is 0 Å². The molecule has 1 aromatic rings. The molecule has 0 unspecified atom stereocenters. The summed E-state index contributed by atoms with van der Waals surface area (Å²) in [5, 5.41) is 10.0. The van der Waals surface area contributed by atoms with Gasteiger partial charge in [-0.05, 0) is 12.1 Å². The lowest BCUT2D eigenvalue weighted by molar-refractivity contribution is -0.137. The van der Waals surface area contributed by atoms with Gasteiger partial charge in [0, 0.05) is 25.6 Å². The summed E-state index contributed by atoms with van der Waals surface area (Å²) in [4.78, 5) is 13.1. The van der Waals surface area contributed by atoms with Crippen LogP contribution in [0.4, 0.5) is 0 Å². The first-order valence-electron chi connectivity index (χ1n) is 5.18. The van der Waals surface area contributed by atoms with E-state index < -0.39 is 5.60 Å². The van der Waals surface area contributed by atoms with Gasteiger partial charge in [-0.2, -0.15) is 0 Å². The van der Waals surface area contributed by atoms with E-state index in [2.05, 4.69) is 11.8 Å². The van der Waals surface area contributed by atoms with Crippen LogP contribution in [0.5, 0.6) is 0 Å². The Balaban J connectivity index is 2.23. The molecule has 82 valence electrons. The van der Waals surface area contributed by atoms with E-state index in [0.29, 0.717) is 13.0 Å². The van der Waals surface area contributed by atoms with Crippen LogP contribution in [0, 0.1) is 11.8 Å². The highest BCUT2D eigenvalue weighted by Crippen LogP contribution is 2.20. The highest BCUT2D eigenvalue weighted by atomic mass is 16.3. The maximum atomic E-state index is 11.6. The molecule has 0 aliphatic carbocycles. The molecule has 1 amide bonds. The molecule has 1 saturated heterocycles. The molecule has 1 fully saturated rings. The molecule has 16 heavy (non-hydrogen) atoms. The highest BCUT2D eigenvalue weighted by molar-refractivity contribution is 5.90. The molecule has 1 N–H and O–H groups in total. The summed E-state index contributed by atoms with van der Waals surface area (Å²) >= 11 is 0. The predicted octanol–water partition coefficient (Wildman–Crippen LogP) is 0.631. The number of likely N-dealkylation sites (tertiary alicyclic amines) is 1. The van der Waals surface area contributed by atoms with E-state index in [-0.39, 0.29) is 5.91 Å². The van der Waals surface area contributed by atoms with Crippen LogP contribution < -0.4 is 0 Å². The Kier molecular flexibility index (Phi) is 2.67. The maximum Gasteiger partial charge on any atom is 0.267 e. The maximum absolute atomic E-state index is 11.6. The van der Waals surface area contributed by atoms with E-state index in [1.165, 1.54) is 4.90 Å². The molecule has 1 aliphatic rings. The van der Waals surface area contributed by atoms with Gasteiger partial charge in [-0.25, -0.2) is 0 Å². The van der Waals surface area contributed by atoms with Gasteiger partial charge in [0.05, 0.1) is 0 Å². The summed E-state index contributed by atoms with van der Waals surface area (Å²) < 4.78 is 0. The lowest BCUT2D eigenvalue weighted by atomic mass is 10.0. The number of benzene rings is 1. The smallest absolute Gasteiger partial charge is 0.267 e. The molecule has 0 radical (unpaired) electrons. The second kappa shape index (κ2) is 3.99. The number of amides is 1. The molecule has 1 aromatic carbocycles. The van der Waals surface area contributed by atoms with Gasteiger partial charge in [0.15, 0.2) is 0 Å². The fourth-order valence-electron chi connectivity index (χ4n) is 1.67.